The van der Waals surface area contributed by atoms with E-state index in [9.17, 15) is 9.90 Å². The Hall–Kier alpha value is -1.55. The number of hydrogen-bond acceptors (Lipinski definition) is 2. The van der Waals surface area contributed by atoms with Crippen molar-refractivity contribution in [2.24, 2.45) is 11.8 Å². The van der Waals surface area contributed by atoms with Crippen molar-refractivity contribution in [1.82, 2.24) is 10.2 Å². The van der Waals surface area contributed by atoms with Gasteiger partial charge in [0, 0.05) is 13.1 Å². The van der Waals surface area contributed by atoms with Crippen LogP contribution in [0.2, 0.25) is 0 Å². The van der Waals surface area contributed by atoms with Crippen molar-refractivity contribution in [2.75, 3.05) is 13.1 Å². The van der Waals surface area contributed by atoms with Crippen molar-refractivity contribution in [2.45, 2.75) is 45.8 Å². The molecule has 1 aliphatic rings. The molecule has 1 aromatic carbocycles. The second-order valence-corrected chi connectivity index (χ2v) is 6.82. The van der Waals surface area contributed by atoms with Crippen molar-refractivity contribution in [3.05, 3.63) is 35.9 Å². The monoisotopic (exact) mass is 304 g/mol. The van der Waals surface area contributed by atoms with Gasteiger partial charge in [-0.25, -0.2) is 4.79 Å². The highest BCUT2D eigenvalue weighted by Gasteiger charge is 2.28. The molecule has 122 valence electrons. The molecule has 2 rings (SSSR count). The Morgan fingerprint density at radius 3 is 2.64 bits per heavy atom. The van der Waals surface area contributed by atoms with Gasteiger partial charge in [0.05, 0.1) is 12.1 Å². The lowest BCUT2D eigenvalue weighted by atomic mass is 9.95. The van der Waals surface area contributed by atoms with Gasteiger partial charge < -0.3 is 15.3 Å². The van der Waals surface area contributed by atoms with Crippen LogP contribution < -0.4 is 5.32 Å². The summed E-state index contributed by atoms with van der Waals surface area (Å²) in [5.41, 5.74) is 1.13. The Kier molecular flexibility index (Phi) is 5.83. The molecule has 22 heavy (non-hydrogen) atoms. The zero-order chi connectivity index (χ0) is 16.1. The number of benzene rings is 1. The largest absolute Gasteiger partial charge is 0.391 e. The maximum absolute atomic E-state index is 12.5. The number of likely N-dealkylation sites (tertiary alicyclic amines) is 1. The summed E-state index contributed by atoms with van der Waals surface area (Å²) in [6.07, 6.45) is 1.34. The number of piperidine rings is 1. The molecule has 0 spiro atoms. The lowest BCUT2D eigenvalue weighted by molar-refractivity contribution is 0.0428. The lowest BCUT2D eigenvalue weighted by Gasteiger charge is -2.35. The third-order valence-electron chi connectivity index (χ3n) is 4.41. The minimum absolute atomic E-state index is 0.0187. The number of carbonyl (C=O) groups excluding carboxylic acids is 1. The fraction of sp³-hybridized carbons (Fsp3) is 0.611. The van der Waals surface area contributed by atoms with Crippen LogP contribution in [0.3, 0.4) is 0 Å². The molecular formula is C18H28N2O2. The molecule has 2 N–H and O–H groups in total. The number of β-amino-alcohol motifs (C(OH)–C–C–N with tert-alkyl or cyclic N) is 1. The van der Waals surface area contributed by atoms with Crippen LogP contribution in [0.1, 0.15) is 45.2 Å². The van der Waals surface area contributed by atoms with Crippen LogP contribution in [0.5, 0.6) is 0 Å². The van der Waals surface area contributed by atoms with Crippen LogP contribution in [0, 0.1) is 11.8 Å². The number of nitrogens with one attached hydrogen (secondary N) is 1. The average molecular weight is 304 g/mol. The summed E-state index contributed by atoms with van der Waals surface area (Å²) in [5, 5.41) is 13.1. The molecule has 0 bridgehead atoms. The van der Waals surface area contributed by atoms with Crippen molar-refractivity contribution < 1.29 is 9.90 Å². The van der Waals surface area contributed by atoms with Crippen LogP contribution in [-0.4, -0.2) is 35.2 Å². The van der Waals surface area contributed by atoms with E-state index in [1.165, 1.54) is 0 Å². The summed E-state index contributed by atoms with van der Waals surface area (Å²) in [7, 11) is 0. The van der Waals surface area contributed by atoms with E-state index < -0.39 is 6.10 Å². The van der Waals surface area contributed by atoms with Crippen molar-refractivity contribution in [1.29, 1.82) is 0 Å². The van der Waals surface area contributed by atoms with Gasteiger partial charge in [-0.2, -0.15) is 0 Å². The molecule has 3 unspecified atom stereocenters. The molecule has 4 heteroatoms. The van der Waals surface area contributed by atoms with E-state index in [0.29, 0.717) is 19.0 Å². The predicted octanol–water partition coefficient (Wildman–Crippen LogP) is 3.19. The zero-order valence-corrected chi connectivity index (χ0v) is 13.8. The lowest BCUT2D eigenvalue weighted by Crippen LogP contribution is -2.50. The predicted molar refractivity (Wildman–Crippen MR) is 88.5 cm³/mol. The Labute approximate surface area is 133 Å². The quantitative estimate of drug-likeness (QED) is 0.897. The van der Waals surface area contributed by atoms with Gasteiger partial charge in [-0.1, -0.05) is 51.1 Å². The number of urea groups is 1. The third kappa shape index (κ3) is 4.47. The van der Waals surface area contributed by atoms with Gasteiger partial charge in [0.2, 0.25) is 0 Å². The van der Waals surface area contributed by atoms with Crippen molar-refractivity contribution in [3.63, 3.8) is 0 Å². The third-order valence-corrected chi connectivity index (χ3v) is 4.41. The molecule has 1 fully saturated rings. The van der Waals surface area contributed by atoms with E-state index in [0.717, 1.165) is 18.4 Å². The van der Waals surface area contributed by atoms with Crippen molar-refractivity contribution in [3.8, 4) is 0 Å². The van der Waals surface area contributed by atoms with Crippen molar-refractivity contribution >= 4 is 6.03 Å². The van der Waals surface area contributed by atoms with Crippen LogP contribution in [0.25, 0.3) is 0 Å². The fourth-order valence-corrected chi connectivity index (χ4v) is 2.91. The second kappa shape index (κ2) is 7.63. The van der Waals surface area contributed by atoms with Gasteiger partial charge >= 0.3 is 6.03 Å². The highest BCUT2D eigenvalue weighted by Crippen LogP contribution is 2.22. The Morgan fingerprint density at radius 1 is 1.36 bits per heavy atom. The van der Waals surface area contributed by atoms with Gasteiger partial charge in [-0.15, -0.1) is 0 Å². The molecule has 1 aromatic rings. The topological polar surface area (TPSA) is 52.6 Å². The molecule has 0 radical (unpaired) electrons. The first-order valence-corrected chi connectivity index (χ1v) is 8.25. The highest BCUT2D eigenvalue weighted by atomic mass is 16.3. The van der Waals surface area contributed by atoms with Gasteiger partial charge in [0.15, 0.2) is 0 Å². The number of aliphatic hydroxyl groups excluding tert-OH is 1. The average Bonchev–Trinajstić information content (AvgIpc) is 2.49. The molecule has 0 aromatic heterocycles. The fourth-order valence-electron chi connectivity index (χ4n) is 2.91. The minimum Gasteiger partial charge on any atom is -0.391 e. The Balaban J connectivity index is 2.02. The highest BCUT2D eigenvalue weighted by molar-refractivity contribution is 5.75. The molecule has 0 aliphatic carbocycles. The molecular weight excluding hydrogens is 276 g/mol. The summed E-state index contributed by atoms with van der Waals surface area (Å²) in [6.45, 7) is 7.50. The van der Waals surface area contributed by atoms with E-state index in [1.54, 1.807) is 4.90 Å². The number of nitrogens with zero attached hydrogens (tertiary/aromatic N) is 1. The minimum atomic E-state index is -0.417. The molecule has 3 atom stereocenters. The normalized spacial score (nSPS) is 23.4. The van der Waals surface area contributed by atoms with E-state index in [1.807, 2.05) is 25.1 Å². The summed E-state index contributed by atoms with van der Waals surface area (Å²) >= 11 is 0. The van der Waals surface area contributed by atoms with Gasteiger partial charge in [-0.3, -0.25) is 0 Å². The Morgan fingerprint density at radius 2 is 2.05 bits per heavy atom. The molecule has 1 saturated heterocycles. The van der Waals surface area contributed by atoms with E-state index in [2.05, 4.69) is 31.3 Å². The van der Waals surface area contributed by atoms with Crippen LogP contribution in [0.4, 0.5) is 4.79 Å². The zero-order valence-electron chi connectivity index (χ0n) is 13.8. The Bertz CT molecular complexity index is 475. The van der Waals surface area contributed by atoms with Crippen LogP contribution in [-0.2, 0) is 0 Å². The number of hydrogen-bond donors (Lipinski definition) is 2. The number of carbonyl (C=O) groups is 1. The smallest absolute Gasteiger partial charge is 0.317 e. The summed E-state index contributed by atoms with van der Waals surface area (Å²) < 4.78 is 0. The summed E-state index contributed by atoms with van der Waals surface area (Å²) in [4.78, 5) is 14.3. The van der Waals surface area contributed by atoms with Gasteiger partial charge in [0.1, 0.15) is 0 Å². The standard InChI is InChI=1S/C18H28N2O2/c1-13(2)11-16(15-7-5-4-6-8-15)19-18(22)20-10-9-14(3)17(21)12-20/h4-8,13-14,16-17,21H,9-12H2,1-3H3,(H,19,22). The molecule has 1 heterocycles. The first-order chi connectivity index (χ1) is 10.5. The maximum atomic E-state index is 12.5. The maximum Gasteiger partial charge on any atom is 0.317 e. The molecule has 4 nitrogen and oxygen atoms in total. The first kappa shape index (κ1) is 16.8. The molecule has 0 saturated carbocycles. The van der Waals surface area contributed by atoms with Gasteiger partial charge in [0.25, 0.3) is 0 Å². The van der Waals surface area contributed by atoms with Crippen LogP contribution in [0.15, 0.2) is 30.3 Å². The van der Waals surface area contributed by atoms with E-state index in [-0.39, 0.29) is 18.0 Å². The summed E-state index contributed by atoms with van der Waals surface area (Å²) in [6, 6.07) is 10.1. The van der Waals surface area contributed by atoms with Crippen LogP contribution >= 0.6 is 0 Å². The number of amides is 2. The number of rotatable bonds is 4. The SMILES string of the molecule is CC(C)CC(NC(=O)N1CCC(C)C(O)C1)c1ccccc1. The molecule has 1 aliphatic heterocycles. The number of aliphatic hydroxyl groups is 1. The van der Waals surface area contributed by atoms with Gasteiger partial charge in [-0.05, 0) is 30.2 Å². The second-order valence-electron chi connectivity index (χ2n) is 6.82. The van der Waals surface area contributed by atoms with E-state index in [4.69, 9.17) is 0 Å². The molecule has 2 amide bonds. The first-order valence-electron chi connectivity index (χ1n) is 8.25. The summed E-state index contributed by atoms with van der Waals surface area (Å²) in [5.74, 6) is 0.766. The van der Waals surface area contributed by atoms with E-state index >= 15 is 0 Å².